The molecule has 4 N–H and O–H groups in total. The summed E-state index contributed by atoms with van der Waals surface area (Å²) in [5, 5.41) is 31.2. The van der Waals surface area contributed by atoms with E-state index in [1.54, 1.807) is 0 Å². The lowest BCUT2D eigenvalue weighted by Gasteiger charge is -2.25. The van der Waals surface area contributed by atoms with E-state index in [-0.39, 0.29) is 39.8 Å². The first-order valence-corrected chi connectivity index (χ1v) is 7.31. The number of nitrogens with zero attached hydrogens (tertiary/aromatic N) is 1. The van der Waals surface area contributed by atoms with Crippen molar-refractivity contribution < 1.29 is 15.1 Å². The molecular formula is C13H18BrClN2O4. The van der Waals surface area contributed by atoms with Gasteiger partial charge in [0.05, 0.1) is 21.5 Å². The number of hydrogen-bond donors (Lipinski definition) is 3. The molecule has 21 heavy (non-hydrogen) atoms. The normalized spacial score (nSPS) is 18.0. The average molecular weight is 382 g/mol. The standard InChI is InChI=1S/C13H17BrN2O4.ClH/c14-10-6-8(16(19)20)5-9(13(10)18)11(15)12(17)7-3-1-2-4-7;/h5-7,11-12,17-18H,1-4,15H2;1H/t11-,12+;/m0./s1. The first kappa shape index (κ1) is 18.2. The Kier molecular flexibility index (Phi) is 6.40. The average Bonchev–Trinajstić information content (AvgIpc) is 2.93. The monoisotopic (exact) mass is 380 g/mol. The minimum Gasteiger partial charge on any atom is -0.506 e. The molecule has 118 valence electrons. The van der Waals surface area contributed by atoms with E-state index in [0.29, 0.717) is 0 Å². The van der Waals surface area contributed by atoms with Crippen LogP contribution in [0.15, 0.2) is 16.6 Å². The van der Waals surface area contributed by atoms with E-state index in [0.717, 1.165) is 25.7 Å². The van der Waals surface area contributed by atoms with Crippen molar-refractivity contribution >= 4 is 34.0 Å². The van der Waals surface area contributed by atoms with Crippen LogP contribution in [0, 0.1) is 16.0 Å². The summed E-state index contributed by atoms with van der Waals surface area (Å²) >= 11 is 3.07. The summed E-state index contributed by atoms with van der Waals surface area (Å²) in [6.45, 7) is 0. The number of aliphatic hydroxyl groups excluding tert-OH is 1. The minimum absolute atomic E-state index is 0. The molecule has 0 aromatic heterocycles. The molecule has 0 amide bonds. The van der Waals surface area contributed by atoms with Crippen molar-refractivity contribution in [3.05, 3.63) is 32.3 Å². The Balaban J connectivity index is 0.00000220. The van der Waals surface area contributed by atoms with Crippen LogP contribution in [0.2, 0.25) is 0 Å². The van der Waals surface area contributed by atoms with Gasteiger partial charge in [-0.25, -0.2) is 0 Å². The number of halogens is 2. The first-order valence-electron chi connectivity index (χ1n) is 6.52. The summed E-state index contributed by atoms with van der Waals surface area (Å²) in [5.74, 6) is -0.0671. The number of nitro benzene ring substituents is 1. The lowest BCUT2D eigenvalue weighted by molar-refractivity contribution is -0.385. The smallest absolute Gasteiger partial charge is 0.271 e. The molecule has 0 aliphatic heterocycles. The van der Waals surface area contributed by atoms with Gasteiger partial charge in [0.1, 0.15) is 5.75 Å². The van der Waals surface area contributed by atoms with Crippen molar-refractivity contribution in [1.82, 2.24) is 0 Å². The minimum atomic E-state index is -0.839. The fourth-order valence-corrected chi connectivity index (χ4v) is 3.20. The van der Waals surface area contributed by atoms with E-state index in [1.807, 2.05) is 0 Å². The topological polar surface area (TPSA) is 110 Å². The van der Waals surface area contributed by atoms with Gasteiger partial charge in [-0.1, -0.05) is 12.8 Å². The van der Waals surface area contributed by atoms with Crippen LogP contribution >= 0.6 is 28.3 Å². The molecule has 0 unspecified atom stereocenters. The maximum absolute atomic E-state index is 10.9. The maximum atomic E-state index is 10.9. The summed E-state index contributed by atoms with van der Waals surface area (Å²) in [5.41, 5.74) is 6.04. The van der Waals surface area contributed by atoms with Gasteiger partial charge in [0.2, 0.25) is 0 Å². The van der Waals surface area contributed by atoms with E-state index < -0.39 is 17.1 Å². The molecule has 1 aromatic rings. The summed E-state index contributed by atoms with van der Waals surface area (Å²) < 4.78 is 0.204. The zero-order valence-electron chi connectivity index (χ0n) is 11.2. The van der Waals surface area contributed by atoms with Crippen molar-refractivity contribution in [1.29, 1.82) is 0 Å². The van der Waals surface area contributed by atoms with E-state index in [9.17, 15) is 20.3 Å². The van der Waals surface area contributed by atoms with Gasteiger partial charge in [-0.15, -0.1) is 12.4 Å². The second-order valence-corrected chi connectivity index (χ2v) is 6.04. The van der Waals surface area contributed by atoms with Gasteiger partial charge in [-0.2, -0.15) is 0 Å². The van der Waals surface area contributed by atoms with E-state index in [4.69, 9.17) is 5.73 Å². The number of benzene rings is 1. The second-order valence-electron chi connectivity index (χ2n) is 5.18. The lowest BCUT2D eigenvalue weighted by atomic mass is 9.90. The van der Waals surface area contributed by atoms with Crippen LogP contribution in [0.5, 0.6) is 5.75 Å². The van der Waals surface area contributed by atoms with Crippen LogP contribution in [0.4, 0.5) is 5.69 Å². The second kappa shape index (κ2) is 7.40. The quantitative estimate of drug-likeness (QED) is 0.548. The fraction of sp³-hybridized carbons (Fsp3) is 0.538. The highest BCUT2D eigenvalue weighted by Gasteiger charge is 2.31. The van der Waals surface area contributed by atoms with Gasteiger partial charge in [0, 0.05) is 17.7 Å². The van der Waals surface area contributed by atoms with Gasteiger partial charge >= 0.3 is 0 Å². The molecule has 2 atom stereocenters. The highest BCUT2D eigenvalue weighted by Crippen LogP contribution is 2.39. The molecule has 1 aliphatic carbocycles. The number of aliphatic hydroxyl groups is 1. The molecule has 1 saturated carbocycles. The highest BCUT2D eigenvalue weighted by molar-refractivity contribution is 9.10. The first-order chi connectivity index (χ1) is 9.41. The van der Waals surface area contributed by atoms with Crippen LogP contribution in [0.3, 0.4) is 0 Å². The van der Waals surface area contributed by atoms with E-state index in [1.165, 1.54) is 12.1 Å². The summed E-state index contributed by atoms with van der Waals surface area (Å²) in [7, 11) is 0. The van der Waals surface area contributed by atoms with Crippen molar-refractivity contribution in [2.24, 2.45) is 11.7 Å². The Bertz CT molecular complexity index is 523. The zero-order chi connectivity index (χ0) is 14.9. The molecule has 2 rings (SSSR count). The van der Waals surface area contributed by atoms with Crippen molar-refractivity contribution in [3.63, 3.8) is 0 Å². The van der Waals surface area contributed by atoms with Gasteiger partial charge in [0.15, 0.2) is 0 Å². The zero-order valence-corrected chi connectivity index (χ0v) is 13.6. The third-order valence-corrected chi connectivity index (χ3v) is 4.50. The Morgan fingerprint density at radius 2 is 1.95 bits per heavy atom. The number of hydrogen-bond acceptors (Lipinski definition) is 5. The molecule has 1 fully saturated rings. The number of rotatable bonds is 4. The Morgan fingerprint density at radius 1 is 1.38 bits per heavy atom. The molecule has 0 spiro atoms. The molecule has 0 heterocycles. The lowest BCUT2D eigenvalue weighted by Crippen LogP contribution is -2.32. The van der Waals surface area contributed by atoms with Gasteiger partial charge in [-0.3, -0.25) is 10.1 Å². The molecule has 1 aromatic carbocycles. The van der Waals surface area contributed by atoms with Crippen molar-refractivity contribution in [3.8, 4) is 5.75 Å². The summed E-state index contributed by atoms with van der Waals surface area (Å²) in [6, 6.07) is 1.60. The third kappa shape index (κ3) is 3.85. The third-order valence-electron chi connectivity index (χ3n) is 3.90. The molecule has 0 bridgehead atoms. The van der Waals surface area contributed by atoms with Crippen LogP contribution in [-0.2, 0) is 0 Å². The number of phenolic OH excluding ortho intramolecular Hbond substituents is 1. The number of aromatic hydroxyl groups is 1. The number of phenols is 1. The maximum Gasteiger partial charge on any atom is 0.271 e. The van der Waals surface area contributed by atoms with Crippen LogP contribution < -0.4 is 5.73 Å². The fourth-order valence-electron chi connectivity index (χ4n) is 2.74. The predicted octanol–water partition coefficient (Wildman–Crippen LogP) is 3.04. The summed E-state index contributed by atoms with van der Waals surface area (Å²) in [4.78, 5) is 10.3. The van der Waals surface area contributed by atoms with Crippen molar-refractivity contribution in [2.75, 3.05) is 0 Å². The molecular weight excluding hydrogens is 364 g/mol. The van der Waals surface area contributed by atoms with Crippen molar-refractivity contribution in [2.45, 2.75) is 37.8 Å². The number of non-ortho nitro benzene ring substituents is 1. The molecule has 6 nitrogen and oxygen atoms in total. The van der Waals surface area contributed by atoms with E-state index in [2.05, 4.69) is 15.9 Å². The van der Waals surface area contributed by atoms with Gasteiger partial charge < -0.3 is 15.9 Å². The summed E-state index contributed by atoms with van der Waals surface area (Å²) in [6.07, 6.45) is 3.09. The van der Waals surface area contributed by atoms with Crippen LogP contribution in [0.1, 0.15) is 37.3 Å². The van der Waals surface area contributed by atoms with E-state index >= 15 is 0 Å². The van der Waals surface area contributed by atoms with Crippen LogP contribution in [-0.4, -0.2) is 21.2 Å². The Hall–Kier alpha value is -0.890. The Morgan fingerprint density at radius 3 is 2.48 bits per heavy atom. The SMILES string of the molecule is Cl.N[C@@H](c1cc([N+](=O)[O-])cc(Br)c1O)[C@H](O)C1CCCC1. The molecule has 1 aliphatic rings. The van der Waals surface area contributed by atoms with Gasteiger partial charge in [-0.05, 0) is 34.7 Å². The largest absolute Gasteiger partial charge is 0.506 e. The molecule has 0 radical (unpaired) electrons. The Labute approximate surface area is 137 Å². The van der Waals surface area contributed by atoms with Crippen LogP contribution in [0.25, 0.3) is 0 Å². The molecule has 0 saturated heterocycles. The predicted molar refractivity (Wildman–Crippen MR) is 84.6 cm³/mol. The number of nitro groups is 1. The highest BCUT2D eigenvalue weighted by atomic mass is 79.9. The molecule has 8 heteroatoms. The van der Waals surface area contributed by atoms with Gasteiger partial charge in [0.25, 0.3) is 5.69 Å². The number of nitrogens with two attached hydrogens (primary N) is 1.